The van der Waals surface area contributed by atoms with Gasteiger partial charge in [-0.15, -0.1) is 5.10 Å². The fourth-order valence-corrected chi connectivity index (χ4v) is 1.14. The minimum atomic E-state index is -5.66. The molecule has 1 rings (SSSR count). The van der Waals surface area contributed by atoms with Crippen molar-refractivity contribution < 1.29 is 22.0 Å². The fraction of sp³-hybridized carbons (Fsp3) is 0.200. The van der Waals surface area contributed by atoms with Crippen LogP contribution >= 0.6 is 0 Å². The monoisotopic (exact) mass is 280 g/mol. The first-order chi connectivity index (χ1) is 8.64. The van der Waals surface area contributed by atoms with Gasteiger partial charge in [-0.25, -0.2) is 0 Å². The smallest absolute Gasteiger partial charge is 0.369 e. The van der Waals surface area contributed by atoms with Gasteiger partial charge in [-0.1, -0.05) is 18.2 Å². The summed E-state index contributed by atoms with van der Waals surface area (Å²) in [5.41, 5.74) is 8.74. The van der Waals surface area contributed by atoms with E-state index in [0.29, 0.717) is 12.1 Å². The number of halogens is 5. The van der Waals surface area contributed by atoms with E-state index in [-0.39, 0.29) is 11.5 Å². The van der Waals surface area contributed by atoms with Gasteiger partial charge in [0, 0.05) is 5.56 Å². The Bertz CT molecular complexity index is 503. The van der Waals surface area contributed by atoms with Gasteiger partial charge in [0.25, 0.3) is 0 Å². The summed E-state index contributed by atoms with van der Waals surface area (Å²) in [6.07, 6.45) is -4.71. The Kier molecular flexibility index (Phi) is 4.07. The molecule has 0 aliphatic rings. The minimum Gasteiger partial charge on any atom is -0.369 e. The topological polar surface area (TPSA) is 76.8 Å². The number of hydrogen-bond acceptors (Lipinski definition) is 2. The van der Waals surface area contributed by atoms with Gasteiger partial charge < -0.3 is 11.5 Å². The number of nitrogens with zero attached hydrogens (tertiary/aromatic N) is 2. The van der Waals surface area contributed by atoms with E-state index in [1.54, 1.807) is 0 Å². The number of alkyl halides is 5. The quantitative estimate of drug-likeness (QED) is 0.384. The molecule has 0 aliphatic carbocycles. The molecule has 0 saturated heterocycles. The molecule has 4 nitrogen and oxygen atoms in total. The van der Waals surface area contributed by atoms with Crippen LogP contribution in [0.15, 0.2) is 34.5 Å². The molecule has 1 aromatic carbocycles. The molecule has 0 saturated carbocycles. The van der Waals surface area contributed by atoms with Gasteiger partial charge in [-0.3, -0.25) is 0 Å². The molecule has 1 aromatic rings. The predicted octanol–water partition coefficient (Wildman–Crippen LogP) is 1.95. The Balaban J connectivity index is 3.08. The van der Waals surface area contributed by atoms with Crippen molar-refractivity contribution in [2.24, 2.45) is 21.7 Å². The van der Waals surface area contributed by atoms with Crippen LogP contribution in [0.5, 0.6) is 0 Å². The SMILES string of the molecule is NC(N)=NN=Cc1cccc(C(F)(F)C(F)(F)F)c1. The van der Waals surface area contributed by atoms with Crippen molar-refractivity contribution >= 4 is 12.2 Å². The highest BCUT2D eigenvalue weighted by molar-refractivity contribution is 5.81. The van der Waals surface area contributed by atoms with Crippen molar-refractivity contribution in [1.29, 1.82) is 0 Å². The molecular weight excluding hydrogens is 271 g/mol. The molecule has 0 aliphatic heterocycles. The number of nitrogens with two attached hydrogens (primary N) is 2. The third-order valence-electron chi connectivity index (χ3n) is 1.99. The zero-order chi connectivity index (χ0) is 14.7. The van der Waals surface area contributed by atoms with Crippen LogP contribution in [0.25, 0.3) is 0 Å². The first-order valence-electron chi connectivity index (χ1n) is 4.81. The molecule has 0 fully saturated rings. The molecule has 0 unspecified atom stereocenters. The summed E-state index contributed by atoms with van der Waals surface area (Å²) in [6.45, 7) is 0. The molecule has 4 N–H and O–H groups in total. The number of guanidine groups is 1. The van der Waals surface area contributed by atoms with Crippen molar-refractivity contribution in [2.75, 3.05) is 0 Å². The van der Waals surface area contributed by atoms with Crippen LogP contribution in [0.1, 0.15) is 11.1 Å². The molecule has 0 spiro atoms. The van der Waals surface area contributed by atoms with Gasteiger partial charge in [0.2, 0.25) is 5.96 Å². The average molecular weight is 280 g/mol. The maximum absolute atomic E-state index is 13.1. The Morgan fingerprint density at radius 2 is 1.74 bits per heavy atom. The van der Waals surface area contributed by atoms with Gasteiger partial charge in [0.15, 0.2) is 0 Å². The van der Waals surface area contributed by atoms with Crippen LogP contribution in [-0.2, 0) is 5.92 Å². The van der Waals surface area contributed by atoms with Crippen molar-refractivity contribution in [2.45, 2.75) is 12.1 Å². The maximum Gasteiger partial charge on any atom is 0.458 e. The predicted molar refractivity (Wildman–Crippen MR) is 59.8 cm³/mol. The Morgan fingerprint density at radius 3 is 2.26 bits per heavy atom. The van der Waals surface area contributed by atoms with Crippen LogP contribution < -0.4 is 11.5 Å². The molecule has 19 heavy (non-hydrogen) atoms. The summed E-state index contributed by atoms with van der Waals surface area (Å²) in [6, 6.07) is 3.65. The summed E-state index contributed by atoms with van der Waals surface area (Å²) in [7, 11) is 0. The molecule has 0 atom stereocenters. The van der Waals surface area contributed by atoms with E-state index in [1.807, 2.05) is 0 Å². The van der Waals surface area contributed by atoms with Crippen LogP contribution in [0.2, 0.25) is 0 Å². The van der Waals surface area contributed by atoms with E-state index >= 15 is 0 Å². The summed E-state index contributed by atoms with van der Waals surface area (Å²) in [4.78, 5) is 0. The summed E-state index contributed by atoms with van der Waals surface area (Å²) < 4.78 is 62.6. The normalized spacial score (nSPS) is 12.7. The molecular formula is C10H9F5N4. The van der Waals surface area contributed by atoms with Crippen LogP contribution in [-0.4, -0.2) is 18.4 Å². The second-order valence-corrected chi connectivity index (χ2v) is 3.47. The highest BCUT2D eigenvalue weighted by Crippen LogP contribution is 2.43. The third kappa shape index (κ3) is 3.63. The molecule has 0 aromatic heterocycles. The first-order valence-corrected chi connectivity index (χ1v) is 4.81. The lowest BCUT2D eigenvalue weighted by molar-refractivity contribution is -0.289. The highest BCUT2D eigenvalue weighted by atomic mass is 19.4. The van der Waals surface area contributed by atoms with Gasteiger partial charge in [0.05, 0.1) is 6.21 Å². The zero-order valence-corrected chi connectivity index (χ0v) is 9.33. The largest absolute Gasteiger partial charge is 0.458 e. The van der Waals surface area contributed by atoms with E-state index in [2.05, 4.69) is 10.2 Å². The van der Waals surface area contributed by atoms with Gasteiger partial charge >= 0.3 is 12.1 Å². The van der Waals surface area contributed by atoms with Gasteiger partial charge in [0.1, 0.15) is 0 Å². The second-order valence-electron chi connectivity index (χ2n) is 3.47. The molecule has 9 heteroatoms. The standard InChI is InChI=1S/C10H9F5N4/c11-9(12,10(13,14)15)7-3-1-2-6(4-7)5-18-19-8(16)17/h1-5H,(H4,16,17,19). The highest BCUT2D eigenvalue weighted by Gasteiger charge is 2.58. The lowest BCUT2D eigenvalue weighted by Gasteiger charge is -2.19. The van der Waals surface area contributed by atoms with Crippen molar-refractivity contribution in [3.63, 3.8) is 0 Å². The number of benzene rings is 1. The van der Waals surface area contributed by atoms with Crippen molar-refractivity contribution in [3.8, 4) is 0 Å². The third-order valence-corrected chi connectivity index (χ3v) is 1.99. The van der Waals surface area contributed by atoms with E-state index in [0.717, 1.165) is 12.3 Å². The van der Waals surface area contributed by atoms with E-state index in [4.69, 9.17) is 11.5 Å². The van der Waals surface area contributed by atoms with Gasteiger partial charge in [-0.2, -0.15) is 27.1 Å². The first kappa shape index (κ1) is 14.9. The van der Waals surface area contributed by atoms with E-state index in [1.165, 1.54) is 6.07 Å². The molecule has 0 amide bonds. The molecule has 0 bridgehead atoms. The maximum atomic E-state index is 13.1. The number of hydrogen-bond donors (Lipinski definition) is 2. The second kappa shape index (κ2) is 5.21. The van der Waals surface area contributed by atoms with Crippen molar-refractivity contribution in [3.05, 3.63) is 35.4 Å². The average Bonchev–Trinajstić information content (AvgIpc) is 2.27. The Hall–Kier alpha value is -2.19. The van der Waals surface area contributed by atoms with Crippen LogP contribution in [0.4, 0.5) is 22.0 Å². The Morgan fingerprint density at radius 1 is 1.11 bits per heavy atom. The van der Waals surface area contributed by atoms with Crippen LogP contribution in [0.3, 0.4) is 0 Å². The summed E-state index contributed by atoms with van der Waals surface area (Å²) in [5.74, 6) is -5.31. The van der Waals surface area contributed by atoms with E-state index < -0.39 is 17.7 Å². The molecule has 0 radical (unpaired) electrons. The molecule has 104 valence electrons. The lowest BCUT2D eigenvalue weighted by atomic mass is 10.1. The number of rotatable bonds is 3. The van der Waals surface area contributed by atoms with Crippen LogP contribution in [0, 0.1) is 0 Å². The molecule has 0 heterocycles. The Labute approximate surface area is 104 Å². The summed E-state index contributed by atoms with van der Waals surface area (Å²) in [5, 5.41) is 6.51. The zero-order valence-electron chi connectivity index (χ0n) is 9.33. The van der Waals surface area contributed by atoms with Crippen molar-refractivity contribution in [1.82, 2.24) is 0 Å². The van der Waals surface area contributed by atoms with Gasteiger partial charge in [-0.05, 0) is 11.6 Å². The van der Waals surface area contributed by atoms with E-state index in [9.17, 15) is 22.0 Å². The summed E-state index contributed by atoms with van der Waals surface area (Å²) >= 11 is 0. The minimum absolute atomic E-state index is 0.00595. The lowest BCUT2D eigenvalue weighted by Crippen LogP contribution is -2.33. The fourth-order valence-electron chi connectivity index (χ4n) is 1.14.